The highest BCUT2D eigenvalue weighted by Gasteiger charge is 2.40. The van der Waals surface area contributed by atoms with Crippen molar-refractivity contribution in [3.05, 3.63) is 3.92 Å². The molecule has 0 unspecified atom stereocenters. The van der Waals surface area contributed by atoms with E-state index in [-0.39, 0.29) is 0 Å². The molecule has 15 heavy (non-hydrogen) atoms. The third-order valence-electron chi connectivity index (χ3n) is 3.57. The van der Waals surface area contributed by atoms with E-state index in [0.717, 1.165) is 22.1 Å². The van der Waals surface area contributed by atoms with Crippen molar-refractivity contribution in [3.8, 4) is 0 Å². The first kappa shape index (κ1) is 9.99. The quantitative estimate of drug-likeness (QED) is 0.850. The van der Waals surface area contributed by atoms with E-state index in [9.17, 15) is 0 Å². The number of nitrogens with two attached hydrogens (primary N) is 1. The van der Waals surface area contributed by atoms with Crippen LogP contribution in [0, 0.1) is 11.8 Å². The molecule has 1 saturated heterocycles. The van der Waals surface area contributed by atoms with Gasteiger partial charge in [-0.05, 0) is 40.6 Å². The number of hydrogen-bond acceptors (Lipinski definition) is 5. The largest absolute Gasteiger partial charge is 0.346 e. The molecule has 1 aliphatic carbocycles. The van der Waals surface area contributed by atoms with Crippen molar-refractivity contribution in [1.29, 1.82) is 0 Å². The summed E-state index contributed by atoms with van der Waals surface area (Å²) in [4.78, 5) is 2.34. The summed E-state index contributed by atoms with van der Waals surface area (Å²) in [6.07, 6.45) is 2.56. The molecule has 2 heterocycles. The van der Waals surface area contributed by atoms with Crippen LogP contribution in [-0.2, 0) is 0 Å². The fraction of sp³-hybridized carbons (Fsp3) is 0.778. The molecule has 2 bridgehead atoms. The molecular weight excluding hydrogens is 276 g/mol. The summed E-state index contributed by atoms with van der Waals surface area (Å²) >= 11 is 4.96. The van der Waals surface area contributed by atoms with Crippen LogP contribution in [0.25, 0.3) is 0 Å². The molecule has 1 aromatic rings. The van der Waals surface area contributed by atoms with Crippen molar-refractivity contribution in [2.45, 2.75) is 18.9 Å². The molecule has 0 spiro atoms. The van der Waals surface area contributed by atoms with Gasteiger partial charge in [-0.25, -0.2) is 0 Å². The Morgan fingerprint density at radius 3 is 2.47 bits per heavy atom. The van der Waals surface area contributed by atoms with Crippen molar-refractivity contribution < 1.29 is 0 Å². The SMILES string of the molecule is N[C@H]1[C@@H]2CC[C@H]1CN(c1nnc(Br)s1)C2. The molecule has 3 atom stereocenters. The van der Waals surface area contributed by atoms with Gasteiger partial charge in [0.05, 0.1) is 0 Å². The molecule has 2 fully saturated rings. The molecule has 0 radical (unpaired) electrons. The summed E-state index contributed by atoms with van der Waals surface area (Å²) in [5, 5.41) is 9.19. The second-order valence-corrected chi connectivity index (χ2v) is 6.65. The first-order valence-electron chi connectivity index (χ1n) is 5.23. The minimum Gasteiger partial charge on any atom is -0.346 e. The highest BCUT2D eigenvalue weighted by molar-refractivity contribution is 9.11. The number of fused-ring (bicyclic) bond motifs is 2. The van der Waals surface area contributed by atoms with Gasteiger partial charge in [-0.3, -0.25) is 0 Å². The summed E-state index contributed by atoms with van der Waals surface area (Å²) in [7, 11) is 0. The fourth-order valence-corrected chi connectivity index (χ4v) is 3.85. The summed E-state index contributed by atoms with van der Waals surface area (Å²) in [5.41, 5.74) is 6.16. The second-order valence-electron chi connectivity index (χ2n) is 4.42. The smallest absolute Gasteiger partial charge is 0.209 e. The first-order valence-corrected chi connectivity index (χ1v) is 6.84. The first-order chi connectivity index (χ1) is 7.24. The summed E-state index contributed by atoms with van der Waals surface area (Å²) in [6, 6.07) is 0.414. The molecule has 2 N–H and O–H groups in total. The number of rotatable bonds is 1. The van der Waals surface area contributed by atoms with E-state index in [0.29, 0.717) is 17.9 Å². The standard InChI is InChI=1S/C9H13BrN4S/c10-8-12-13-9(15-8)14-3-5-1-2-6(4-14)7(5)11/h5-7H,1-4,11H2/t5-,6+,7+. The summed E-state index contributed by atoms with van der Waals surface area (Å²) in [5.74, 6) is 1.32. The Kier molecular flexibility index (Phi) is 2.45. The van der Waals surface area contributed by atoms with E-state index >= 15 is 0 Å². The van der Waals surface area contributed by atoms with Crippen LogP contribution in [0.1, 0.15) is 12.8 Å². The van der Waals surface area contributed by atoms with Crippen molar-refractivity contribution in [1.82, 2.24) is 10.2 Å². The number of anilines is 1. The predicted octanol–water partition coefficient (Wildman–Crippen LogP) is 1.47. The van der Waals surface area contributed by atoms with E-state index in [1.165, 1.54) is 12.8 Å². The molecule has 1 aromatic heterocycles. The van der Waals surface area contributed by atoms with Crippen LogP contribution >= 0.6 is 27.3 Å². The second kappa shape index (κ2) is 3.68. The third kappa shape index (κ3) is 1.68. The van der Waals surface area contributed by atoms with Crippen LogP contribution in [0.3, 0.4) is 0 Å². The van der Waals surface area contributed by atoms with Crippen molar-refractivity contribution in [3.63, 3.8) is 0 Å². The molecular formula is C9H13BrN4S. The maximum atomic E-state index is 6.16. The van der Waals surface area contributed by atoms with Gasteiger partial charge in [-0.15, -0.1) is 10.2 Å². The third-order valence-corrected chi connectivity index (χ3v) is 4.98. The zero-order valence-electron chi connectivity index (χ0n) is 8.27. The number of piperidine rings is 1. The normalized spacial score (nSPS) is 34.8. The van der Waals surface area contributed by atoms with Gasteiger partial charge in [0.15, 0.2) is 3.92 Å². The predicted molar refractivity (Wildman–Crippen MR) is 64.0 cm³/mol. The van der Waals surface area contributed by atoms with Gasteiger partial charge in [0, 0.05) is 19.1 Å². The molecule has 0 amide bonds. The van der Waals surface area contributed by atoms with Crippen LogP contribution in [0.2, 0.25) is 0 Å². The average molecular weight is 289 g/mol. The molecule has 1 saturated carbocycles. The number of halogens is 1. The summed E-state index contributed by atoms with van der Waals surface area (Å²) in [6.45, 7) is 2.11. The van der Waals surface area contributed by atoms with Crippen LogP contribution in [0.5, 0.6) is 0 Å². The maximum Gasteiger partial charge on any atom is 0.209 e. The van der Waals surface area contributed by atoms with Gasteiger partial charge < -0.3 is 10.6 Å². The van der Waals surface area contributed by atoms with Gasteiger partial charge in [-0.2, -0.15) is 0 Å². The zero-order chi connectivity index (χ0) is 10.4. The monoisotopic (exact) mass is 288 g/mol. The molecule has 4 nitrogen and oxygen atoms in total. The maximum absolute atomic E-state index is 6.16. The Balaban J connectivity index is 1.80. The van der Waals surface area contributed by atoms with Crippen molar-refractivity contribution >= 4 is 32.4 Å². The van der Waals surface area contributed by atoms with Crippen LogP contribution in [0.15, 0.2) is 3.92 Å². The lowest BCUT2D eigenvalue weighted by molar-refractivity contribution is 0.356. The van der Waals surface area contributed by atoms with Crippen LogP contribution in [0.4, 0.5) is 5.13 Å². The summed E-state index contributed by atoms with van der Waals surface area (Å²) < 4.78 is 0.861. The van der Waals surface area contributed by atoms with Gasteiger partial charge in [-0.1, -0.05) is 11.3 Å². The van der Waals surface area contributed by atoms with E-state index in [2.05, 4.69) is 31.0 Å². The van der Waals surface area contributed by atoms with Crippen molar-refractivity contribution in [2.75, 3.05) is 18.0 Å². The lowest BCUT2D eigenvalue weighted by Gasteiger charge is -2.35. The Hall–Kier alpha value is -0.200. The fourth-order valence-electron chi connectivity index (χ4n) is 2.75. The van der Waals surface area contributed by atoms with Gasteiger partial charge in [0.2, 0.25) is 5.13 Å². The molecule has 2 aliphatic rings. The Bertz CT molecular complexity index is 355. The lowest BCUT2D eigenvalue weighted by atomic mass is 9.93. The van der Waals surface area contributed by atoms with Crippen molar-refractivity contribution in [2.24, 2.45) is 17.6 Å². The molecule has 1 aliphatic heterocycles. The minimum atomic E-state index is 0.414. The molecule has 82 valence electrons. The van der Waals surface area contributed by atoms with E-state index in [1.54, 1.807) is 11.3 Å². The Morgan fingerprint density at radius 2 is 1.93 bits per heavy atom. The lowest BCUT2D eigenvalue weighted by Crippen LogP contribution is -2.48. The van der Waals surface area contributed by atoms with E-state index in [4.69, 9.17) is 5.73 Å². The van der Waals surface area contributed by atoms with Crippen LogP contribution < -0.4 is 10.6 Å². The highest BCUT2D eigenvalue weighted by Crippen LogP contribution is 2.38. The molecule has 6 heteroatoms. The topological polar surface area (TPSA) is 55.0 Å². The zero-order valence-corrected chi connectivity index (χ0v) is 10.7. The number of aromatic nitrogens is 2. The van der Waals surface area contributed by atoms with Gasteiger partial charge >= 0.3 is 0 Å². The van der Waals surface area contributed by atoms with Gasteiger partial charge in [0.1, 0.15) is 0 Å². The highest BCUT2D eigenvalue weighted by atomic mass is 79.9. The molecule has 3 rings (SSSR count). The Labute approximate surface area is 101 Å². The van der Waals surface area contributed by atoms with Crippen LogP contribution in [-0.4, -0.2) is 29.3 Å². The Morgan fingerprint density at radius 1 is 1.27 bits per heavy atom. The minimum absolute atomic E-state index is 0.414. The number of nitrogens with zero attached hydrogens (tertiary/aromatic N) is 3. The molecule has 0 aromatic carbocycles. The van der Waals surface area contributed by atoms with Gasteiger partial charge in [0.25, 0.3) is 0 Å². The average Bonchev–Trinajstić information content (AvgIpc) is 2.70. The van der Waals surface area contributed by atoms with E-state index < -0.39 is 0 Å². The van der Waals surface area contributed by atoms with E-state index in [1.807, 2.05) is 0 Å². The number of hydrogen-bond donors (Lipinski definition) is 1.